The van der Waals surface area contributed by atoms with Crippen molar-refractivity contribution in [1.82, 2.24) is 16.0 Å². The number of amides is 1. The van der Waals surface area contributed by atoms with Crippen molar-refractivity contribution in [2.75, 3.05) is 43.3 Å². The number of ether oxygens (including phenoxy) is 1. The molecular weight excluding hydrogens is 471 g/mol. The maximum atomic E-state index is 14.0. The van der Waals surface area contributed by atoms with Crippen LogP contribution < -0.4 is 36.6 Å². The molecule has 0 aromatic heterocycles. The van der Waals surface area contributed by atoms with E-state index in [1.165, 1.54) is 6.07 Å². The Morgan fingerprint density at radius 1 is 1.16 bits per heavy atom. The second-order valence-electron chi connectivity index (χ2n) is 9.33. The molecule has 202 valence electrons. The molecule has 0 aliphatic carbocycles. The Hall–Kier alpha value is -3.72. The van der Waals surface area contributed by atoms with Crippen LogP contribution in [0.5, 0.6) is 5.75 Å². The number of halogens is 1. The Bertz CT molecular complexity index is 1110. The molecule has 0 saturated heterocycles. The van der Waals surface area contributed by atoms with Crippen LogP contribution in [-0.2, 0) is 4.79 Å². The quantitative estimate of drug-likeness (QED) is 0.117. The van der Waals surface area contributed by atoms with E-state index in [1.807, 2.05) is 64.8 Å². The van der Waals surface area contributed by atoms with E-state index in [0.29, 0.717) is 35.2 Å². The smallest absolute Gasteiger partial charge is 0.239 e. The van der Waals surface area contributed by atoms with Crippen molar-refractivity contribution >= 4 is 23.0 Å². The van der Waals surface area contributed by atoms with Crippen molar-refractivity contribution < 1.29 is 13.9 Å². The second-order valence-corrected chi connectivity index (χ2v) is 9.33. The zero-order valence-electron chi connectivity index (χ0n) is 22.9. The van der Waals surface area contributed by atoms with Crippen LogP contribution >= 0.6 is 0 Å². The standard InChI is InChI=1S/C28H41FN6O2/c1-8-21(15-27(31-6)34-28(36)16-32-19(4)5)37-22-10-12-26(25(30)14-22)35(7)17-33-20-9-11-24(29)23(13-20)18(2)3/h8-15,18-19,31-33H,16-17,30H2,1-7H3,(H,34,36)/b21-8+,27-15+. The highest BCUT2D eigenvalue weighted by molar-refractivity contribution is 5.79. The summed E-state index contributed by atoms with van der Waals surface area (Å²) >= 11 is 0. The second kappa shape index (κ2) is 14.1. The lowest BCUT2D eigenvalue weighted by atomic mass is 10.0. The van der Waals surface area contributed by atoms with Crippen LogP contribution in [-0.4, -0.2) is 39.3 Å². The lowest BCUT2D eigenvalue weighted by Gasteiger charge is -2.23. The van der Waals surface area contributed by atoms with Gasteiger partial charge in [0.25, 0.3) is 0 Å². The van der Waals surface area contributed by atoms with Gasteiger partial charge in [-0.3, -0.25) is 4.79 Å². The first-order valence-electron chi connectivity index (χ1n) is 12.4. The summed E-state index contributed by atoms with van der Waals surface area (Å²) in [6.07, 6.45) is 3.51. The largest absolute Gasteiger partial charge is 0.458 e. The van der Waals surface area contributed by atoms with Crippen LogP contribution in [0.2, 0.25) is 0 Å². The van der Waals surface area contributed by atoms with Crippen LogP contribution in [0.1, 0.15) is 46.1 Å². The summed E-state index contributed by atoms with van der Waals surface area (Å²) in [6.45, 7) is 10.4. The number of hydrogen-bond donors (Lipinski definition) is 5. The van der Waals surface area contributed by atoms with Crippen LogP contribution in [0.4, 0.5) is 21.5 Å². The van der Waals surface area contributed by atoms with Crippen molar-refractivity contribution in [3.63, 3.8) is 0 Å². The number of carbonyl (C=O) groups is 1. The summed E-state index contributed by atoms with van der Waals surface area (Å²) in [4.78, 5) is 14.1. The summed E-state index contributed by atoms with van der Waals surface area (Å²) in [5.74, 6) is 1.37. The lowest BCUT2D eigenvalue weighted by Crippen LogP contribution is -2.39. The minimum Gasteiger partial charge on any atom is -0.458 e. The van der Waals surface area contributed by atoms with Crippen LogP contribution in [0.3, 0.4) is 0 Å². The van der Waals surface area contributed by atoms with Gasteiger partial charge >= 0.3 is 0 Å². The van der Waals surface area contributed by atoms with Crippen LogP contribution in [0, 0.1) is 5.82 Å². The number of benzene rings is 2. The SMILES string of the molecule is C/C=C(\C=C(/NC)NC(=O)CNC(C)C)Oc1ccc(N(C)CNc2ccc(F)c(C(C)C)c2)c(N)c1. The predicted octanol–water partition coefficient (Wildman–Crippen LogP) is 4.49. The molecule has 6 N–H and O–H groups in total. The number of nitrogens with two attached hydrogens (primary N) is 1. The van der Waals surface area contributed by atoms with E-state index < -0.39 is 0 Å². The van der Waals surface area contributed by atoms with Crippen molar-refractivity contribution in [3.8, 4) is 5.75 Å². The number of anilines is 3. The summed E-state index contributed by atoms with van der Waals surface area (Å²) < 4.78 is 20.0. The molecule has 0 heterocycles. The molecule has 0 aliphatic heterocycles. The van der Waals surface area contributed by atoms with Crippen molar-refractivity contribution in [1.29, 1.82) is 0 Å². The van der Waals surface area contributed by atoms with Gasteiger partial charge < -0.3 is 36.6 Å². The molecule has 0 aliphatic rings. The highest BCUT2D eigenvalue weighted by Gasteiger charge is 2.11. The monoisotopic (exact) mass is 512 g/mol. The highest BCUT2D eigenvalue weighted by Crippen LogP contribution is 2.29. The van der Waals surface area contributed by atoms with E-state index in [9.17, 15) is 9.18 Å². The van der Waals surface area contributed by atoms with E-state index in [2.05, 4.69) is 21.3 Å². The van der Waals surface area contributed by atoms with Crippen molar-refractivity contribution in [2.24, 2.45) is 0 Å². The Morgan fingerprint density at radius 2 is 1.89 bits per heavy atom. The van der Waals surface area contributed by atoms with E-state index in [1.54, 1.807) is 31.3 Å². The number of carbonyl (C=O) groups excluding carboxylic acids is 1. The molecule has 0 atom stereocenters. The van der Waals surface area contributed by atoms with Crippen molar-refractivity contribution in [2.45, 2.75) is 46.6 Å². The van der Waals surface area contributed by atoms with E-state index in [4.69, 9.17) is 10.5 Å². The molecule has 0 fully saturated rings. The number of nitrogens with zero attached hydrogens (tertiary/aromatic N) is 1. The molecule has 0 spiro atoms. The third-order valence-electron chi connectivity index (χ3n) is 5.57. The Balaban J connectivity index is 2.04. The first-order valence-corrected chi connectivity index (χ1v) is 12.4. The first-order chi connectivity index (χ1) is 17.5. The lowest BCUT2D eigenvalue weighted by molar-refractivity contribution is -0.119. The molecule has 2 aromatic carbocycles. The van der Waals surface area contributed by atoms with Gasteiger partial charge in [0, 0.05) is 38.0 Å². The zero-order chi connectivity index (χ0) is 27.5. The molecule has 2 rings (SSSR count). The average Bonchev–Trinajstić information content (AvgIpc) is 2.85. The Kier molecular flexibility index (Phi) is 11.3. The zero-order valence-corrected chi connectivity index (χ0v) is 22.9. The van der Waals surface area contributed by atoms with Gasteiger partial charge in [0.2, 0.25) is 5.91 Å². The van der Waals surface area contributed by atoms with Crippen molar-refractivity contribution in [3.05, 3.63) is 71.5 Å². The molecule has 8 nitrogen and oxygen atoms in total. The van der Waals surface area contributed by atoms with Gasteiger partial charge in [-0.1, -0.05) is 27.7 Å². The number of rotatable bonds is 13. The summed E-state index contributed by atoms with van der Waals surface area (Å²) in [7, 11) is 3.64. The first kappa shape index (κ1) is 29.5. The molecule has 2 aromatic rings. The fourth-order valence-electron chi connectivity index (χ4n) is 3.45. The van der Waals surface area contributed by atoms with Gasteiger partial charge in [-0.25, -0.2) is 4.39 Å². The molecule has 0 unspecified atom stereocenters. The molecule has 37 heavy (non-hydrogen) atoms. The fraction of sp³-hybridized carbons (Fsp3) is 0.393. The van der Waals surface area contributed by atoms with Gasteiger partial charge in [-0.05, 0) is 54.8 Å². The topological polar surface area (TPSA) is 104 Å². The molecule has 9 heteroatoms. The van der Waals surface area contributed by atoms with Gasteiger partial charge in [0.15, 0.2) is 0 Å². The third-order valence-corrected chi connectivity index (χ3v) is 5.57. The number of allylic oxidation sites excluding steroid dienone is 2. The van der Waals surface area contributed by atoms with Crippen LogP contribution in [0.25, 0.3) is 0 Å². The normalized spacial score (nSPS) is 12.1. The summed E-state index contributed by atoms with van der Waals surface area (Å²) in [6, 6.07) is 10.7. The van der Waals surface area contributed by atoms with Crippen LogP contribution in [0.15, 0.2) is 60.1 Å². The fourth-order valence-corrected chi connectivity index (χ4v) is 3.45. The van der Waals surface area contributed by atoms with E-state index in [-0.39, 0.29) is 30.2 Å². The average molecular weight is 513 g/mol. The maximum absolute atomic E-state index is 14.0. The van der Waals surface area contributed by atoms with E-state index >= 15 is 0 Å². The van der Waals surface area contributed by atoms with Gasteiger partial charge in [0.05, 0.1) is 24.6 Å². The predicted molar refractivity (Wildman–Crippen MR) is 151 cm³/mol. The Labute approximate surface area is 220 Å². The number of hydrogen-bond acceptors (Lipinski definition) is 7. The molecular formula is C28H41FN6O2. The maximum Gasteiger partial charge on any atom is 0.239 e. The van der Waals surface area contributed by atoms with E-state index in [0.717, 1.165) is 11.4 Å². The molecule has 0 bridgehead atoms. The summed E-state index contributed by atoms with van der Waals surface area (Å²) in [5, 5.41) is 12.2. The third kappa shape index (κ3) is 9.34. The minimum atomic E-state index is -0.198. The molecule has 0 saturated carbocycles. The van der Waals surface area contributed by atoms with Gasteiger partial charge in [-0.15, -0.1) is 0 Å². The van der Waals surface area contributed by atoms with Gasteiger partial charge in [0.1, 0.15) is 23.1 Å². The molecule has 1 amide bonds. The highest BCUT2D eigenvalue weighted by atomic mass is 19.1. The minimum absolute atomic E-state index is 0.0990. The summed E-state index contributed by atoms with van der Waals surface area (Å²) in [5.41, 5.74) is 9.22. The number of nitrogen functional groups attached to an aromatic ring is 1. The number of nitrogens with one attached hydrogen (secondary N) is 4. The molecule has 0 radical (unpaired) electrons. The Morgan fingerprint density at radius 3 is 2.49 bits per heavy atom. The van der Waals surface area contributed by atoms with Gasteiger partial charge in [-0.2, -0.15) is 0 Å².